The molecule has 0 radical (unpaired) electrons. The first-order valence-electron chi connectivity index (χ1n) is 6.60. The third-order valence-electron chi connectivity index (χ3n) is 2.83. The zero-order valence-electron chi connectivity index (χ0n) is 12.0. The van der Waals surface area contributed by atoms with E-state index in [9.17, 15) is 9.59 Å². The van der Waals surface area contributed by atoms with Crippen LogP contribution in [0.5, 0.6) is 0 Å². The van der Waals surface area contributed by atoms with Gasteiger partial charge in [0.1, 0.15) is 5.25 Å². The van der Waals surface area contributed by atoms with Crippen molar-refractivity contribution in [3.63, 3.8) is 0 Å². The lowest BCUT2D eigenvalue weighted by Crippen LogP contribution is -2.34. The molecule has 0 saturated carbocycles. The van der Waals surface area contributed by atoms with Crippen molar-refractivity contribution in [2.24, 2.45) is 5.92 Å². The van der Waals surface area contributed by atoms with Crippen molar-refractivity contribution in [1.29, 1.82) is 0 Å². The van der Waals surface area contributed by atoms with Crippen LogP contribution < -0.4 is 0 Å². The maximum absolute atomic E-state index is 12.1. The Morgan fingerprint density at radius 1 is 1.15 bits per heavy atom. The fourth-order valence-corrected chi connectivity index (χ4v) is 3.06. The fourth-order valence-electron chi connectivity index (χ4n) is 1.82. The Kier molecular flexibility index (Phi) is 7.15. The standard InChI is InChI=1S/C15H20O4S/c1-4-12(14(16)18-3)13(15(17)19-5-2)20-11-9-7-6-8-10-11/h6-10,12-13H,4-5H2,1-3H3/t12-,13+/m1/s1. The first kappa shape index (κ1) is 16.6. The van der Waals surface area contributed by atoms with Gasteiger partial charge in [-0.3, -0.25) is 9.59 Å². The molecule has 0 spiro atoms. The Labute approximate surface area is 123 Å². The van der Waals surface area contributed by atoms with Crippen LogP contribution in [0.1, 0.15) is 20.3 Å². The lowest BCUT2D eigenvalue weighted by atomic mass is 10.0. The summed E-state index contributed by atoms with van der Waals surface area (Å²) in [6, 6.07) is 9.50. The van der Waals surface area contributed by atoms with E-state index in [0.717, 1.165) is 4.90 Å². The molecule has 0 aromatic heterocycles. The number of thioether (sulfide) groups is 1. The van der Waals surface area contributed by atoms with E-state index in [4.69, 9.17) is 9.47 Å². The smallest absolute Gasteiger partial charge is 0.320 e. The molecule has 0 heterocycles. The van der Waals surface area contributed by atoms with Gasteiger partial charge in [0.15, 0.2) is 0 Å². The molecule has 1 rings (SSSR count). The summed E-state index contributed by atoms with van der Waals surface area (Å²) in [5, 5.41) is -0.588. The molecule has 2 atom stereocenters. The zero-order chi connectivity index (χ0) is 15.0. The number of rotatable bonds is 7. The van der Waals surface area contributed by atoms with Crippen LogP contribution in [0, 0.1) is 5.92 Å². The molecule has 0 unspecified atom stereocenters. The van der Waals surface area contributed by atoms with Crippen molar-refractivity contribution in [2.75, 3.05) is 13.7 Å². The summed E-state index contributed by atoms with van der Waals surface area (Å²) in [5.74, 6) is -1.27. The van der Waals surface area contributed by atoms with E-state index in [0.29, 0.717) is 13.0 Å². The van der Waals surface area contributed by atoms with Crippen LogP contribution in [0.3, 0.4) is 0 Å². The molecule has 1 aromatic carbocycles. The predicted molar refractivity (Wildman–Crippen MR) is 78.5 cm³/mol. The molecular weight excluding hydrogens is 276 g/mol. The van der Waals surface area contributed by atoms with Crippen LogP contribution in [0.4, 0.5) is 0 Å². The molecule has 0 amide bonds. The second kappa shape index (κ2) is 8.64. The first-order chi connectivity index (χ1) is 9.63. The lowest BCUT2D eigenvalue weighted by Gasteiger charge is -2.22. The number of esters is 2. The van der Waals surface area contributed by atoms with Crippen molar-refractivity contribution in [1.82, 2.24) is 0 Å². The Balaban J connectivity index is 2.94. The van der Waals surface area contributed by atoms with Crippen LogP contribution >= 0.6 is 11.8 Å². The molecule has 0 aliphatic carbocycles. The summed E-state index contributed by atoms with van der Waals surface area (Å²) in [4.78, 5) is 24.9. The SMILES string of the molecule is CCOC(=O)[C@@H](Sc1ccccc1)[C@@H](CC)C(=O)OC. The quantitative estimate of drug-likeness (QED) is 0.572. The third-order valence-corrected chi connectivity index (χ3v) is 4.15. The van der Waals surface area contributed by atoms with Gasteiger partial charge in [0.05, 0.1) is 19.6 Å². The Bertz CT molecular complexity index is 433. The number of methoxy groups -OCH3 is 1. The van der Waals surface area contributed by atoms with Gasteiger partial charge in [-0.05, 0) is 25.5 Å². The second-order valence-electron chi connectivity index (χ2n) is 4.14. The number of ether oxygens (including phenoxy) is 2. The first-order valence-corrected chi connectivity index (χ1v) is 7.48. The number of hydrogen-bond acceptors (Lipinski definition) is 5. The summed E-state index contributed by atoms with van der Waals surface area (Å²) in [7, 11) is 1.33. The van der Waals surface area contributed by atoms with E-state index in [1.807, 2.05) is 37.3 Å². The van der Waals surface area contributed by atoms with Crippen LogP contribution in [0.25, 0.3) is 0 Å². The predicted octanol–water partition coefficient (Wildman–Crippen LogP) is 2.91. The van der Waals surface area contributed by atoms with E-state index in [1.54, 1.807) is 6.92 Å². The summed E-state index contributed by atoms with van der Waals surface area (Å²) in [6.07, 6.45) is 0.524. The molecule has 4 nitrogen and oxygen atoms in total. The Morgan fingerprint density at radius 2 is 1.80 bits per heavy atom. The van der Waals surface area contributed by atoms with Crippen molar-refractivity contribution in [3.8, 4) is 0 Å². The highest BCUT2D eigenvalue weighted by Gasteiger charge is 2.35. The third kappa shape index (κ3) is 4.56. The van der Waals surface area contributed by atoms with Crippen molar-refractivity contribution >= 4 is 23.7 Å². The molecule has 20 heavy (non-hydrogen) atoms. The number of hydrogen-bond donors (Lipinski definition) is 0. The largest absolute Gasteiger partial charge is 0.469 e. The van der Waals surface area contributed by atoms with E-state index in [2.05, 4.69) is 0 Å². The van der Waals surface area contributed by atoms with Crippen LogP contribution in [-0.2, 0) is 19.1 Å². The average molecular weight is 296 g/mol. The number of carbonyl (C=O) groups is 2. The van der Waals surface area contributed by atoms with Gasteiger partial charge in [0.2, 0.25) is 0 Å². The van der Waals surface area contributed by atoms with Gasteiger partial charge < -0.3 is 9.47 Å². The normalized spacial score (nSPS) is 13.3. The van der Waals surface area contributed by atoms with Gasteiger partial charge in [-0.1, -0.05) is 25.1 Å². The molecule has 0 bridgehead atoms. The molecule has 0 saturated heterocycles. The molecule has 0 aliphatic heterocycles. The fraction of sp³-hybridized carbons (Fsp3) is 0.467. The summed E-state index contributed by atoms with van der Waals surface area (Å²) < 4.78 is 9.88. The minimum Gasteiger partial charge on any atom is -0.469 e. The lowest BCUT2D eigenvalue weighted by molar-refractivity contribution is -0.152. The van der Waals surface area contributed by atoms with E-state index in [1.165, 1.54) is 18.9 Å². The minimum atomic E-state index is -0.588. The van der Waals surface area contributed by atoms with Gasteiger partial charge in [-0.2, -0.15) is 0 Å². The van der Waals surface area contributed by atoms with E-state index >= 15 is 0 Å². The van der Waals surface area contributed by atoms with Crippen LogP contribution in [0.15, 0.2) is 35.2 Å². The zero-order valence-corrected chi connectivity index (χ0v) is 12.8. The monoisotopic (exact) mass is 296 g/mol. The molecule has 5 heteroatoms. The van der Waals surface area contributed by atoms with Gasteiger partial charge in [-0.25, -0.2) is 0 Å². The highest BCUT2D eigenvalue weighted by atomic mass is 32.2. The number of benzene rings is 1. The molecule has 0 aliphatic rings. The van der Waals surface area contributed by atoms with Crippen molar-refractivity contribution in [2.45, 2.75) is 30.4 Å². The maximum Gasteiger partial charge on any atom is 0.320 e. The van der Waals surface area contributed by atoms with Gasteiger partial charge in [-0.15, -0.1) is 11.8 Å². The van der Waals surface area contributed by atoms with Crippen molar-refractivity contribution in [3.05, 3.63) is 30.3 Å². The van der Waals surface area contributed by atoms with Gasteiger partial charge >= 0.3 is 11.9 Å². The minimum absolute atomic E-state index is 0.294. The topological polar surface area (TPSA) is 52.6 Å². The molecular formula is C15H20O4S. The summed E-state index contributed by atoms with van der Waals surface area (Å²) in [5.41, 5.74) is 0. The molecule has 110 valence electrons. The highest BCUT2D eigenvalue weighted by molar-refractivity contribution is 8.00. The van der Waals surface area contributed by atoms with Gasteiger partial charge in [0.25, 0.3) is 0 Å². The second-order valence-corrected chi connectivity index (χ2v) is 5.36. The summed E-state index contributed by atoms with van der Waals surface area (Å²) >= 11 is 1.34. The van der Waals surface area contributed by atoms with Gasteiger partial charge in [0, 0.05) is 4.90 Å². The van der Waals surface area contributed by atoms with Crippen LogP contribution in [0.2, 0.25) is 0 Å². The van der Waals surface area contributed by atoms with Crippen molar-refractivity contribution < 1.29 is 19.1 Å². The highest BCUT2D eigenvalue weighted by Crippen LogP contribution is 2.31. The molecule has 0 fully saturated rings. The molecule has 0 N–H and O–H groups in total. The number of carbonyl (C=O) groups excluding carboxylic acids is 2. The Morgan fingerprint density at radius 3 is 2.30 bits per heavy atom. The molecule has 1 aromatic rings. The Hall–Kier alpha value is -1.49. The van der Waals surface area contributed by atoms with E-state index < -0.39 is 11.2 Å². The average Bonchev–Trinajstić information content (AvgIpc) is 2.48. The summed E-state index contributed by atoms with van der Waals surface area (Å²) in [6.45, 7) is 3.91. The van der Waals surface area contributed by atoms with Crippen LogP contribution in [-0.4, -0.2) is 30.9 Å². The van der Waals surface area contributed by atoms with E-state index in [-0.39, 0.29) is 11.9 Å². The maximum atomic E-state index is 12.1.